The summed E-state index contributed by atoms with van der Waals surface area (Å²) in [6.07, 6.45) is 0. The van der Waals surface area contributed by atoms with E-state index in [9.17, 15) is 4.79 Å². The van der Waals surface area contributed by atoms with Crippen LogP contribution in [0.2, 0.25) is 0 Å². The molecule has 0 fully saturated rings. The Kier molecular flexibility index (Phi) is 12.0. The second kappa shape index (κ2) is 20.7. The number of rotatable bonds is 9. The zero-order valence-corrected chi connectivity index (χ0v) is 48.6. The van der Waals surface area contributed by atoms with Gasteiger partial charge in [-0.25, -0.2) is 9.59 Å². The Morgan fingerprint density at radius 2 is 0.539 bits per heavy atom. The third kappa shape index (κ3) is 8.33. The van der Waals surface area contributed by atoms with Crippen LogP contribution < -0.4 is 11.4 Å². The molecule has 0 bridgehead atoms. The average Bonchev–Trinajstić information content (AvgIpc) is 1.68. The van der Waals surface area contributed by atoms with Crippen LogP contribution in [0, 0.1) is 0 Å². The van der Waals surface area contributed by atoms with Crippen molar-refractivity contribution in [2.45, 2.75) is 0 Å². The summed E-state index contributed by atoms with van der Waals surface area (Å²) in [4.78, 5) is 29.2. The van der Waals surface area contributed by atoms with Crippen molar-refractivity contribution in [1.29, 1.82) is 0 Å². The molecule has 17 aromatic rings. The highest BCUT2D eigenvalue weighted by Gasteiger charge is 2.23. The zero-order chi connectivity index (χ0) is 59.3. The lowest BCUT2D eigenvalue weighted by Crippen LogP contribution is -2.22. The van der Waals surface area contributed by atoms with Gasteiger partial charge >= 0.3 is 11.4 Å². The predicted molar refractivity (Wildman–Crippen MR) is 371 cm³/mol. The first-order chi connectivity index (χ1) is 43.9. The van der Waals surface area contributed by atoms with E-state index in [-0.39, 0.29) is 11.4 Å². The Morgan fingerprint density at radius 3 is 1.03 bits per heavy atom. The molecule has 0 aliphatic heterocycles. The van der Waals surface area contributed by atoms with Crippen molar-refractivity contribution in [2.24, 2.45) is 7.05 Å². The third-order valence-corrected chi connectivity index (χ3v) is 18.2. The van der Waals surface area contributed by atoms with Crippen molar-refractivity contribution < 1.29 is 0 Å². The summed E-state index contributed by atoms with van der Waals surface area (Å²) in [6.45, 7) is 0. The first-order valence-electron chi connectivity index (χ1n) is 30.2. The minimum absolute atomic E-state index is 0.0817. The highest BCUT2D eigenvalue weighted by Crippen LogP contribution is 2.47. The second-order valence-corrected chi connectivity index (χ2v) is 23.2. The summed E-state index contributed by atoms with van der Waals surface area (Å²) in [7, 11) is 1.85. The molecular formula is C83H54N4O2. The topological polar surface area (TPSA) is 53.9 Å². The number of nitrogens with zero attached hydrogens (tertiary/aromatic N) is 4. The fourth-order valence-electron chi connectivity index (χ4n) is 14.2. The molecule has 0 radical (unpaired) electrons. The number of hydrogen-bond acceptors (Lipinski definition) is 2. The fraction of sp³-hybridized carbons (Fsp3) is 0.0120. The Bertz CT molecular complexity index is 5750. The monoisotopic (exact) mass is 1140 g/mol. The Balaban J connectivity index is 0.759. The van der Waals surface area contributed by atoms with Gasteiger partial charge in [-0.15, -0.1) is 0 Å². The summed E-state index contributed by atoms with van der Waals surface area (Å²) >= 11 is 0. The Labute approximate surface area is 512 Å². The molecule has 0 amide bonds. The van der Waals surface area contributed by atoms with Crippen molar-refractivity contribution in [3.05, 3.63) is 330 Å². The van der Waals surface area contributed by atoms with Crippen molar-refractivity contribution in [1.82, 2.24) is 18.3 Å². The molecule has 0 N–H and O–H groups in total. The minimum Gasteiger partial charge on any atom is -0.295 e. The van der Waals surface area contributed by atoms with Crippen LogP contribution in [0.3, 0.4) is 0 Å². The maximum Gasteiger partial charge on any atom is 0.338 e. The summed E-state index contributed by atoms with van der Waals surface area (Å²) in [5.74, 6) is 0. The second-order valence-electron chi connectivity index (χ2n) is 23.2. The number of aryl methyl sites for hydroxylation is 1. The van der Waals surface area contributed by atoms with Gasteiger partial charge in [0.2, 0.25) is 0 Å². The van der Waals surface area contributed by atoms with Gasteiger partial charge in [0.25, 0.3) is 0 Å². The van der Waals surface area contributed by atoms with E-state index in [0.717, 1.165) is 127 Å². The maximum atomic E-state index is 15.4. The normalized spacial score (nSPS) is 11.7. The van der Waals surface area contributed by atoms with Crippen LogP contribution >= 0.6 is 0 Å². The highest BCUT2D eigenvalue weighted by molar-refractivity contribution is 6.23. The van der Waals surface area contributed by atoms with Gasteiger partial charge in [-0.2, -0.15) is 0 Å². The summed E-state index contributed by atoms with van der Waals surface area (Å²) in [6, 6.07) is 109. The lowest BCUT2D eigenvalue weighted by atomic mass is 9.85. The van der Waals surface area contributed by atoms with E-state index in [1.165, 1.54) is 32.7 Å². The van der Waals surface area contributed by atoms with E-state index in [2.05, 4.69) is 243 Å². The predicted octanol–water partition coefficient (Wildman–Crippen LogP) is 20.2. The number of aromatic nitrogens is 4. The minimum atomic E-state index is -0.146. The molecule has 6 heteroatoms. The van der Waals surface area contributed by atoms with Gasteiger partial charge in [-0.05, 0) is 199 Å². The van der Waals surface area contributed by atoms with Gasteiger partial charge in [0.05, 0.1) is 39.1 Å². The lowest BCUT2D eigenvalue weighted by Gasteiger charge is -2.18. The molecule has 89 heavy (non-hydrogen) atoms. The average molecular weight is 1140 g/mol. The number of imidazole rings is 2. The largest absolute Gasteiger partial charge is 0.338 e. The zero-order valence-electron chi connectivity index (χ0n) is 48.6. The molecule has 6 nitrogen and oxygen atoms in total. The van der Waals surface area contributed by atoms with Crippen molar-refractivity contribution >= 4 is 75.9 Å². The summed E-state index contributed by atoms with van der Waals surface area (Å²) < 4.78 is 7.27. The SMILES string of the molecule is Cn1c(=O)n(-c2ccccc2)c2ccc(-c3c4ccccc4c(-c4cccc(-c5cccc(-c6cccc(-n7c(=O)n(-c8ccccc8)c8cc(-c9c%10ccccc%10c(-c%10ccc%11ccccc%11c%10)c%10ccccc9%10)ccc87)c6)c5)c4)c4ccccc34)cc21. The summed E-state index contributed by atoms with van der Waals surface area (Å²) in [5, 5.41) is 11.6. The van der Waals surface area contributed by atoms with Gasteiger partial charge in [0, 0.05) is 7.05 Å². The fourth-order valence-corrected chi connectivity index (χ4v) is 14.2. The van der Waals surface area contributed by atoms with Crippen LogP contribution in [0.25, 0.3) is 160 Å². The van der Waals surface area contributed by atoms with Crippen LogP contribution in [-0.2, 0) is 7.05 Å². The van der Waals surface area contributed by atoms with E-state index < -0.39 is 0 Å². The molecule has 0 unspecified atom stereocenters. The molecule has 418 valence electrons. The quantitative estimate of drug-likeness (QED) is 0.135. The molecular weight excluding hydrogens is 1080 g/mol. The number of fused-ring (bicyclic) bond motifs is 7. The summed E-state index contributed by atoms with van der Waals surface area (Å²) in [5.41, 5.74) is 18.8. The Hall–Kier alpha value is -11.9. The van der Waals surface area contributed by atoms with E-state index in [1.807, 2.05) is 82.9 Å². The number of hydrogen-bond donors (Lipinski definition) is 0. The van der Waals surface area contributed by atoms with E-state index in [4.69, 9.17) is 0 Å². The molecule has 0 aliphatic rings. The van der Waals surface area contributed by atoms with E-state index in [1.54, 1.807) is 9.13 Å². The molecule has 17 rings (SSSR count). The number of benzene rings is 15. The molecule has 0 aliphatic carbocycles. The van der Waals surface area contributed by atoms with Crippen molar-refractivity contribution in [3.8, 4) is 83.8 Å². The van der Waals surface area contributed by atoms with E-state index >= 15 is 4.79 Å². The maximum absolute atomic E-state index is 15.4. The van der Waals surface area contributed by atoms with Gasteiger partial charge in [0.1, 0.15) is 0 Å². The molecule has 0 saturated carbocycles. The molecule has 15 aromatic carbocycles. The first-order valence-corrected chi connectivity index (χ1v) is 30.2. The smallest absolute Gasteiger partial charge is 0.295 e. The molecule has 2 aromatic heterocycles. The van der Waals surface area contributed by atoms with Crippen LogP contribution in [0.1, 0.15) is 0 Å². The van der Waals surface area contributed by atoms with Gasteiger partial charge < -0.3 is 0 Å². The molecule has 2 heterocycles. The van der Waals surface area contributed by atoms with Crippen LogP contribution in [0.4, 0.5) is 0 Å². The van der Waals surface area contributed by atoms with E-state index in [0.29, 0.717) is 0 Å². The van der Waals surface area contributed by atoms with Crippen LogP contribution in [0.5, 0.6) is 0 Å². The van der Waals surface area contributed by atoms with Crippen molar-refractivity contribution in [2.75, 3.05) is 0 Å². The lowest BCUT2D eigenvalue weighted by molar-refractivity contribution is 0.846. The molecule has 0 saturated heterocycles. The van der Waals surface area contributed by atoms with Crippen LogP contribution in [0.15, 0.2) is 319 Å². The molecule has 0 spiro atoms. The molecule has 0 atom stereocenters. The van der Waals surface area contributed by atoms with Gasteiger partial charge in [-0.3, -0.25) is 18.3 Å². The van der Waals surface area contributed by atoms with Gasteiger partial charge in [0.15, 0.2) is 0 Å². The number of para-hydroxylation sites is 2. The van der Waals surface area contributed by atoms with Crippen LogP contribution in [-0.4, -0.2) is 18.3 Å². The highest BCUT2D eigenvalue weighted by atomic mass is 16.2. The van der Waals surface area contributed by atoms with Crippen molar-refractivity contribution in [3.63, 3.8) is 0 Å². The standard InChI is InChI=1S/C83H54N4O2/c1-84-76-51-61(43-45-74(76)85(82(84)88)63-28-4-2-5-29-63)80-70-37-14-10-33-66(70)78(67-34-11-15-38-71(67)80)59-27-19-25-57(49-59)55-23-18-24-56(47-55)58-26-20-32-65(50-58)87-75-46-44-62(52-77(75)86(83(87)89)64-30-6-3-7-31-64)81-72-39-16-12-35-68(72)79(69-36-13-17-40-73(69)81)60-42-41-53-21-8-9-22-54(53)48-60/h2-52H,1H3. The van der Waals surface area contributed by atoms with Gasteiger partial charge in [-0.1, -0.05) is 231 Å². The third-order valence-electron chi connectivity index (χ3n) is 18.2. The Morgan fingerprint density at radius 1 is 0.213 bits per heavy atom. The first kappa shape index (κ1) is 51.6.